The number of piperidine rings is 1. The summed E-state index contributed by atoms with van der Waals surface area (Å²) in [6.45, 7) is 0. The van der Waals surface area contributed by atoms with Crippen LogP contribution in [0.1, 0.15) is 12.0 Å². The molecule has 3 nitrogen and oxygen atoms in total. The summed E-state index contributed by atoms with van der Waals surface area (Å²) in [5, 5.41) is 2.27. The van der Waals surface area contributed by atoms with Crippen molar-refractivity contribution in [2.45, 2.75) is 11.8 Å². The van der Waals surface area contributed by atoms with E-state index in [1.807, 2.05) is 0 Å². The fourth-order valence-electron chi connectivity index (χ4n) is 2.36. The van der Waals surface area contributed by atoms with E-state index in [1.165, 1.54) is 12.1 Å². The molecule has 1 heterocycles. The van der Waals surface area contributed by atoms with Crippen LogP contribution in [0.25, 0.3) is 0 Å². The Hall–Kier alpha value is -1.71. The highest BCUT2D eigenvalue weighted by Gasteiger charge is 2.69. The third kappa shape index (κ3) is 0.936. The molecule has 4 heteroatoms. The summed E-state index contributed by atoms with van der Waals surface area (Å²) in [5.74, 6) is -1.18. The third-order valence-electron chi connectivity index (χ3n) is 3.26. The van der Waals surface area contributed by atoms with Gasteiger partial charge >= 0.3 is 0 Å². The van der Waals surface area contributed by atoms with Crippen molar-refractivity contribution < 1.29 is 14.0 Å². The molecule has 0 bridgehead atoms. The van der Waals surface area contributed by atoms with Crippen LogP contribution in [0.4, 0.5) is 4.39 Å². The lowest BCUT2D eigenvalue weighted by Gasteiger charge is -2.09. The first-order chi connectivity index (χ1) is 7.14. The Bertz CT molecular complexity index is 485. The average molecular weight is 205 g/mol. The Kier molecular flexibility index (Phi) is 1.40. The first kappa shape index (κ1) is 8.59. The van der Waals surface area contributed by atoms with Gasteiger partial charge in [-0.3, -0.25) is 14.9 Å². The molecule has 1 saturated heterocycles. The highest BCUT2D eigenvalue weighted by molar-refractivity contribution is 6.15. The molecular formula is C11H8FNO2. The number of rotatable bonds is 1. The Labute approximate surface area is 85.3 Å². The molecule has 1 N–H and O–H groups in total. The molecule has 2 atom stereocenters. The topological polar surface area (TPSA) is 46.2 Å². The van der Waals surface area contributed by atoms with Crippen LogP contribution in [-0.4, -0.2) is 11.8 Å². The van der Waals surface area contributed by atoms with Crippen molar-refractivity contribution in [3.8, 4) is 0 Å². The minimum Gasteiger partial charge on any atom is -0.295 e. The molecule has 2 fully saturated rings. The van der Waals surface area contributed by atoms with Crippen LogP contribution < -0.4 is 5.32 Å². The van der Waals surface area contributed by atoms with E-state index in [2.05, 4.69) is 5.32 Å². The fraction of sp³-hybridized carbons (Fsp3) is 0.273. The van der Waals surface area contributed by atoms with Crippen molar-refractivity contribution in [1.82, 2.24) is 5.32 Å². The summed E-state index contributed by atoms with van der Waals surface area (Å²) in [7, 11) is 0. The van der Waals surface area contributed by atoms with E-state index in [0.717, 1.165) is 0 Å². The second-order valence-electron chi connectivity index (χ2n) is 4.06. The molecule has 1 aliphatic carbocycles. The van der Waals surface area contributed by atoms with E-state index in [0.29, 0.717) is 12.0 Å². The van der Waals surface area contributed by atoms with Crippen molar-refractivity contribution in [1.29, 1.82) is 0 Å². The molecule has 76 valence electrons. The van der Waals surface area contributed by atoms with Crippen LogP contribution in [-0.2, 0) is 15.0 Å². The average Bonchev–Trinajstić information content (AvgIpc) is 2.88. The van der Waals surface area contributed by atoms with Gasteiger partial charge in [0.1, 0.15) is 5.82 Å². The zero-order valence-corrected chi connectivity index (χ0v) is 7.79. The Morgan fingerprint density at radius 1 is 1.40 bits per heavy atom. The van der Waals surface area contributed by atoms with Crippen LogP contribution in [0.15, 0.2) is 24.3 Å². The molecule has 1 aliphatic heterocycles. The summed E-state index contributed by atoms with van der Waals surface area (Å²) >= 11 is 0. The minimum atomic E-state index is -0.765. The molecule has 2 amide bonds. The predicted molar refractivity (Wildman–Crippen MR) is 49.3 cm³/mol. The van der Waals surface area contributed by atoms with Gasteiger partial charge in [-0.1, -0.05) is 12.1 Å². The largest absolute Gasteiger partial charge is 0.295 e. The first-order valence-electron chi connectivity index (χ1n) is 4.76. The number of carbonyl (C=O) groups is 2. The van der Waals surface area contributed by atoms with Crippen LogP contribution >= 0.6 is 0 Å². The minimum absolute atomic E-state index is 0.232. The molecule has 15 heavy (non-hydrogen) atoms. The second kappa shape index (κ2) is 2.45. The Morgan fingerprint density at radius 3 is 2.73 bits per heavy atom. The zero-order chi connectivity index (χ0) is 10.6. The van der Waals surface area contributed by atoms with E-state index in [1.54, 1.807) is 12.1 Å². The lowest BCUT2D eigenvalue weighted by Crippen LogP contribution is -2.30. The third-order valence-corrected chi connectivity index (χ3v) is 3.26. The first-order valence-corrected chi connectivity index (χ1v) is 4.76. The molecule has 3 rings (SSSR count). The highest BCUT2D eigenvalue weighted by Crippen LogP contribution is 2.57. The molecule has 0 spiro atoms. The van der Waals surface area contributed by atoms with Crippen molar-refractivity contribution >= 4 is 11.8 Å². The van der Waals surface area contributed by atoms with Gasteiger partial charge in [0.05, 0.1) is 11.3 Å². The molecule has 2 unspecified atom stereocenters. The van der Waals surface area contributed by atoms with Crippen molar-refractivity contribution in [3.63, 3.8) is 0 Å². The number of benzene rings is 1. The maximum atomic E-state index is 13.0. The van der Waals surface area contributed by atoms with Gasteiger partial charge in [0, 0.05) is 0 Å². The van der Waals surface area contributed by atoms with Gasteiger partial charge in [0.25, 0.3) is 0 Å². The summed E-state index contributed by atoms with van der Waals surface area (Å²) in [5.41, 5.74) is -0.157. The number of hydrogen-bond acceptors (Lipinski definition) is 2. The van der Waals surface area contributed by atoms with Crippen LogP contribution in [0, 0.1) is 11.7 Å². The summed E-state index contributed by atoms with van der Waals surface area (Å²) in [6.07, 6.45) is 0.515. The summed E-state index contributed by atoms with van der Waals surface area (Å²) < 4.78 is 13.0. The van der Waals surface area contributed by atoms with Gasteiger partial charge in [0.15, 0.2) is 0 Å². The van der Waals surface area contributed by atoms with Gasteiger partial charge < -0.3 is 0 Å². The maximum absolute atomic E-state index is 13.0. The smallest absolute Gasteiger partial charge is 0.238 e. The highest BCUT2D eigenvalue weighted by atomic mass is 19.1. The quantitative estimate of drug-likeness (QED) is 0.687. The van der Waals surface area contributed by atoms with E-state index in [4.69, 9.17) is 0 Å². The lowest BCUT2D eigenvalue weighted by molar-refractivity contribution is -0.127. The van der Waals surface area contributed by atoms with Gasteiger partial charge in [0.2, 0.25) is 11.8 Å². The van der Waals surface area contributed by atoms with E-state index < -0.39 is 5.41 Å². The van der Waals surface area contributed by atoms with E-state index >= 15 is 0 Å². The zero-order valence-electron chi connectivity index (χ0n) is 7.79. The molecule has 1 aromatic rings. The number of halogens is 1. The number of amides is 2. The lowest BCUT2D eigenvalue weighted by atomic mass is 9.94. The summed E-state index contributed by atoms with van der Waals surface area (Å²) in [4.78, 5) is 22.9. The SMILES string of the molecule is O=C1NC(=O)C2(c3cccc(F)c3)CC12. The van der Waals surface area contributed by atoms with Crippen LogP contribution in [0.2, 0.25) is 0 Å². The number of hydrogen-bond donors (Lipinski definition) is 1. The maximum Gasteiger partial charge on any atom is 0.238 e. The second-order valence-corrected chi connectivity index (χ2v) is 4.06. The van der Waals surface area contributed by atoms with Gasteiger partial charge in [-0.15, -0.1) is 0 Å². The fourth-order valence-corrected chi connectivity index (χ4v) is 2.36. The van der Waals surface area contributed by atoms with Gasteiger partial charge in [-0.25, -0.2) is 4.39 Å². The number of fused-ring (bicyclic) bond motifs is 1. The molecule has 0 aromatic heterocycles. The van der Waals surface area contributed by atoms with E-state index in [-0.39, 0.29) is 23.5 Å². The molecule has 1 saturated carbocycles. The van der Waals surface area contributed by atoms with E-state index in [9.17, 15) is 14.0 Å². The number of imide groups is 1. The van der Waals surface area contributed by atoms with Crippen molar-refractivity contribution in [2.75, 3.05) is 0 Å². The molecule has 2 aliphatic rings. The monoisotopic (exact) mass is 205 g/mol. The van der Waals surface area contributed by atoms with Crippen molar-refractivity contribution in [2.24, 2.45) is 5.92 Å². The predicted octanol–water partition coefficient (Wildman–Crippen LogP) is 0.740. The van der Waals surface area contributed by atoms with Crippen molar-refractivity contribution in [3.05, 3.63) is 35.6 Å². The van der Waals surface area contributed by atoms with Crippen LogP contribution in [0.3, 0.4) is 0 Å². The number of carbonyl (C=O) groups excluding carboxylic acids is 2. The normalized spacial score (nSPS) is 32.5. The molecular weight excluding hydrogens is 197 g/mol. The van der Waals surface area contributed by atoms with Gasteiger partial charge in [-0.2, -0.15) is 0 Å². The Balaban J connectivity index is 2.09. The molecule has 1 aromatic carbocycles. The Morgan fingerprint density at radius 2 is 2.20 bits per heavy atom. The number of nitrogens with one attached hydrogen (secondary N) is 1. The van der Waals surface area contributed by atoms with Crippen LogP contribution in [0.5, 0.6) is 0 Å². The summed E-state index contributed by atoms with van der Waals surface area (Å²) in [6, 6.07) is 5.91. The molecule has 0 radical (unpaired) electrons. The standard InChI is InChI=1S/C11H8FNO2/c12-7-3-1-2-6(4-7)11-5-8(11)9(14)13-10(11)15/h1-4,8H,5H2,(H,13,14,15). The van der Waals surface area contributed by atoms with Gasteiger partial charge in [-0.05, 0) is 24.1 Å².